The molecule has 19 heavy (non-hydrogen) atoms. The number of nitrogens with zero attached hydrogens (tertiary/aromatic N) is 2. The number of hydrogen-bond donors (Lipinski definition) is 2. The SMILES string of the molecule is Cc1cc(CC(NN)c2cc(Br)ccc2I)n(C)n1. The lowest BCUT2D eigenvalue weighted by Gasteiger charge is -2.18. The summed E-state index contributed by atoms with van der Waals surface area (Å²) in [6, 6.07) is 8.38. The third-order valence-electron chi connectivity index (χ3n) is 3.05. The Kier molecular flexibility index (Phi) is 4.99. The quantitative estimate of drug-likeness (QED) is 0.442. The molecule has 0 bridgehead atoms. The Labute approximate surface area is 135 Å². The summed E-state index contributed by atoms with van der Waals surface area (Å²) in [4.78, 5) is 0. The molecule has 1 atom stereocenters. The molecule has 1 aromatic heterocycles. The average Bonchev–Trinajstić information content (AvgIpc) is 2.68. The summed E-state index contributed by atoms with van der Waals surface area (Å²) in [6.07, 6.45) is 0.806. The van der Waals surface area contributed by atoms with Crippen LogP contribution in [0.15, 0.2) is 28.7 Å². The van der Waals surface area contributed by atoms with Gasteiger partial charge in [-0.1, -0.05) is 15.9 Å². The van der Waals surface area contributed by atoms with Gasteiger partial charge in [0.2, 0.25) is 0 Å². The third kappa shape index (κ3) is 3.56. The minimum absolute atomic E-state index is 0.0687. The lowest BCUT2D eigenvalue weighted by molar-refractivity contribution is 0.528. The molecule has 1 aromatic carbocycles. The zero-order valence-corrected chi connectivity index (χ0v) is 14.6. The zero-order valence-electron chi connectivity index (χ0n) is 10.8. The van der Waals surface area contributed by atoms with Gasteiger partial charge in [-0.25, -0.2) is 0 Å². The van der Waals surface area contributed by atoms with Crippen molar-refractivity contribution in [3.8, 4) is 0 Å². The summed E-state index contributed by atoms with van der Waals surface area (Å²) < 4.78 is 4.16. The molecule has 1 heterocycles. The van der Waals surface area contributed by atoms with Crippen molar-refractivity contribution in [1.82, 2.24) is 15.2 Å². The first kappa shape index (κ1) is 15.0. The molecule has 2 aromatic rings. The van der Waals surface area contributed by atoms with Gasteiger partial charge in [0.05, 0.1) is 11.7 Å². The molecule has 1 unspecified atom stereocenters. The number of hydrazine groups is 1. The van der Waals surface area contributed by atoms with E-state index in [0.717, 1.165) is 22.3 Å². The van der Waals surface area contributed by atoms with Crippen LogP contribution in [-0.2, 0) is 13.5 Å². The Balaban J connectivity index is 2.30. The van der Waals surface area contributed by atoms with Crippen molar-refractivity contribution >= 4 is 38.5 Å². The van der Waals surface area contributed by atoms with Gasteiger partial charge in [0.1, 0.15) is 0 Å². The summed E-state index contributed by atoms with van der Waals surface area (Å²) in [6.45, 7) is 2.00. The van der Waals surface area contributed by atoms with Crippen molar-refractivity contribution < 1.29 is 0 Å². The molecule has 0 radical (unpaired) electrons. The second kappa shape index (κ2) is 6.34. The first-order valence-electron chi connectivity index (χ1n) is 5.92. The number of benzene rings is 1. The standard InChI is InChI=1S/C13H16BrIN4/c1-8-5-10(19(2)18-8)7-13(17-16)11-6-9(14)3-4-12(11)15/h3-6,13,17H,7,16H2,1-2H3. The van der Waals surface area contributed by atoms with Crippen molar-refractivity contribution in [3.05, 3.63) is 49.3 Å². The van der Waals surface area contributed by atoms with Gasteiger partial charge < -0.3 is 0 Å². The van der Waals surface area contributed by atoms with E-state index < -0.39 is 0 Å². The summed E-state index contributed by atoms with van der Waals surface area (Å²) in [5.74, 6) is 5.73. The lowest BCUT2D eigenvalue weighted by Crippen LogP contribution is -2.30. The van der Waals surface area contributed by atoms with Crippen molar-refractivity contribution in [2.75, 3.05) is 0 Å². The molecular formula is C13H16BrIN4. The number of nitrogens with one attached hydrogen (secondary N) is 1. The monoisotopic (exact) mass is 434 g/mol. The smallest absolute Gasteiger partial charge is 0.0596 e. The molecule has 102 valence electrons. The van der Waals surface area contributed by atoms with Crippen LogP contribution in [0.25, 0.3) is 0 Å². The Bertz CT molecular complexity index is 582. The predicted octanol–water partition coefficient (Wildman–Crippen LogP) is 2.84. The van der Waals surface area contributed by atoms with Crippen LogP contribution in [0.1, 0.15) is 23.0 Å². The summed E-state index contributed by atoms with van der Waals surface area (Å²) in [5, 5.41) is 4.37. The normalized spacial score (nSPS) is 12.7. The van der Waals surface area contributed by atoms with Crippen molar-refractivity contribution in [2.24, 2.45) is 12.9 Å². The molecule has 0 saturated heterocycles. The molecule has 0 aliphatic heterocycles. The number of halogens is 2. The number of aryl methyl sites for hydroxylation is 2. The van der Waals surface area contributed by atoms with Crippen molar-refractivity contribution in [2.45, 2.75) is 19.4 Å². The van der Waals surface area contributed by atoms with Crippen LogP contribution < -0.4 is 11.3 Å². The van der Waals surface area contributed by atoms with E-state index in [1.165, 1.54) is 9.13 Å². The highest BCUT2D eigenvalue weighted by Crippen LogP contribution is 2.26. The molecule has 6 heteroatoms. The molecule has 0 aliphatic rings. The molecule has 0 fully saturated rings. The Hall–Kier alpha value is -0.440. The van der Waals surface area contributed by atoms with E-state index in [0.29, 0.717) is 0 Å². The highest BCUT2D eigenvalue weighted by atomic mass is 127. The highest BCUT2D eigenvalue weighted by molar-refractivity contribution is 14.1. The van der Waals surface area contributed by atoms with Gasteiger partial charge in [0, 0.05) is 27.2 Å². The Morgan fingerprint density at radius 3 is 2.79 bits per heavy atom. The van der Waals surface area contributed by atoms with Gasteiger partial charge in [-0.2, -0.15) is 5.10 Å². The van der Waals surface area contributed by atoms with Crippen LogP contribution in [0.5, 0.6) is 0 Å². The van der Waals surface area contributed by atoms with Crippen molar-refractivity contribution in [3.63, 3.8) is 0 Å². The van der Waals surface area contributed by atoms with Crippen LogP contribution in [0, 0.1) is 10.5 Å². The van der Waals surface area contributed by atoms with Crippen LogP contribution in [-0.4, -0.2) is 9.78 Å². The second-order valence-corrected chi connectivity index (χ2v) is 6.57. The van der Waals surface area contributed by atoms with Gasteiger partial charge in [0.15, 0.2) is 0 Å². The van der Waals surface area contributed by atoms with E-state index in [-0.39, 0.29) is 6.04 Å². The highest BCUT2D eigenvalue weighted by Gasteiger charge is 2.16. The minimum Gasteiger partial charge on any atom is -0.272 e. The van der Waals surface area contributed by atoms with Crippen LogP contribution in [0.3, 0.4) is 0 Å². The number of rotatable bonds is 4. The summed E-state index contributed by atoms with van der Waals surface area (Å²) in [7, 11) is 1.96. The first-order chi connectivity index (χ1) is 9.01. The molecule has 0 saturated carbocycles. The second-order valence-electron chi connectivity index (χ2n) is 4.49. The van der Waals surface area contributed by atoms with Gasteiger partial charge in [-0.15, -0.1) is 0 Å². The molecule has 3 N–H and O–H groups in total. The van der Waals surface area contributed by atoms with Gasteiger partial charge in [-0.05, 0) is 59.3 Å². The minimum atomic E-state index is 0.0687. The maximum atomic E-state index is 5.73. The summed E-state index contributed by atoms with van der Waals surface area (Å²) >= 11 is 5.84. The topological polar surface area (TPSA) is 55.9 Å². The van der Waals surface area contributed by atoms with Gasteiger partial charge >= 0.3 is 0 Å². The third-order valence-corrected chi connectivity index (χ3v) is 4.52. The Morgan fingerprint density at radius 1 is 1.47 bits per heavy atom. The number of hydrogen-bond acceptors (Lipinski definition) is 3. The fraction of sp³-hybridized carbons (Fsp3) is 0.308. The van der Waals surface area contributed by atoms with E-state index in [4.69, 9.17) is 5.84 Å². The first-order valence-corrected chi connectivity index (χ1v) is 7.79. The van der Waals surface area contributed by atoms with Crippen molar-refractivity contribution in [1.29, 1.82) is 0 Å². The molecule has 4 nitrogen and oxygen atoms in total. The molecule has 2 rings (SSSR count). The Morgan fingerprint density at radius 2 is 2.21 bits per heavy atom. The molecular weight excluding hydrogens is 419 g/mol. The maximum Gasteiger partial charge on any atom is 0.0596 e. The van der Waals surface area contributed by atoms with Crippen LogP contribution in [0.2, 0.25) is 0 Å². The molecule has 0 amide bonds. The fourth-order valence-corrected chi connectivity index (χ4v) is 3.19. The van der Waals surface area contributed by atoms with Gasteiger partial charge in [-0.3, -0.25) is 16.0 Å². The average molecular weight is 435 g/mol. The van der Waals surface area contributed by atoms with Crippen LogP contribution in [0.4, 0.5) is 0 Å². The molecule has 0 aliphatic carbocycles. The van der Waals surface area contributed by atoms with E-state index in [2.05, 4.69) is 67.2 Å². The number of aromatic nitrogens is 2. The van der Waals surface area contributed by atoms with E-state index in [9.17, 15) is 0 Å². The zero-order chi connectivity index (χ0) is 14.0. The maximum absolute atomic E-state index is 5.73. The molecule has 0 spiro atoms. The fourth-order valence-electron chi connectivity index (χ4n) is 2.10. The van der Waals surface area contributed by atoms with E-state index in [1.807, 2.05) is 24.7 Å². The van der Waals surface area contributed by atoms with E-state index in [1.54, 1.807) is 0 Å². The predicted molar refractivity (Wildman–Crippen MR) is 88.6 cm³/mol. The van der Waals surface area contributed by atoms with Crippen LogP contribution >= 0.6 is 38.5 Å². The largest absolute Gasteiger partial charge is 0.272 e. The lowest BCUT2D eigenvalue weighted by atomic mass is 10.0. The number of nitrogens with two attached hydrogens (primary N) is 1. The van der Waals surface area contributed by atoms with E-state index >= 15 is 0 Å². The summed E-state index contributed by atoms with van der Waals surface area (Å²) in [5.41, 5.74) is 6.28. The van der Waals surface area contributed by atoms with Gasteiger partial charge in [0.25, 0.3) is 0 Å².